The van der Waals surface area contributed by atoms with Crippen LogP contribution >= 0.6 is 11.3 Å². The van der Waals surface area contributed by atoms with Crippen molar-refractivity contribution in [3.8, 4) is 0 Å². The summed E-state index contributed by atoms with van der Waals surface area (Å²) >= 11 is 1.58. The summed E-state index contributed by atoms with van der Waals surface area (Å²) in [5, 5.41) is 13.1. The Hall–Kier alpha value is -1.17. The van der Waals surface area contributed by atoms with Gasteiger partial charge in [0, 0.05) is 17.5 Å². The first kappa shape index (κ1) is 12.9. The van der Waals surface area contributed by atoms with Gasteiger partial charge in [-0.25, -0.2) is 0 Å². The van der Waals surface area contributed by atoms with Crippen molar-refractivity contribution >= 4 is 23.3 Å². The summed E-state index contributed by atoms with van der Waals surface area (Å²) in [7, 11) is 0. The Balaban J connectivity index is 2.11. The Labute approximate surface area is 98.6 Å². The summed E-state index contributed by atoms with van der Waals surface area (Å²) in [6.07, 6.45) is 3.27. The molecule has 0 atom stereocenters. The van der Waals surface area contributed by atoms with E-state index in [1.807, 2.05) is 17.5 Å². The van der Waals surface area contributed by atoms with Crippen LogP contribution in [-0.2, 0) is 9.53 Å². The topological polar surface area (TPSA) is 58.6 Å². The molecular weight excluding hydrogens is 226 g/mol. The molecule has 0 aliphatic rings. The highest BCUT2D eigenvalue weighted by Gasteiger charge is 1.94. The van der Waals surface area contributed by atoms with Gasteiger partial charge in [-0.05, 0) is 17.5 Å². The van der Waals surface area contributed by atoms with Crippen LogP contribution in [0.1, 0.15) is 4.88 Å². The Morgan fingerprint density at radius 2 is 2.44 bits per heavy atom. The van der Waals surface area contributed by atoms with E-state index in [2.05, 4.69) is 5.32 Å². The second-order valence-electron chi connectivity index (χ2n) is 2.98. The van der Waals surface area contributed by atoms with Crippen molar-refractivity contribution < 1.29 is 14.6 Å². The van der Waals surface area contributed by atoms with Crippen LogP contribution in [-0.4, -0.2) is 37.4 Å². The van der Waals surface area contributed by atoms with Gasteiger partial charge in [0.2, 0.25) is 5.91 Å². The lowest BCUT2D eigenvalue weighted by Gasteiger charge is -2.02. The number of carbonyl (C=O) groups is 1. The van der Waals surface area contributed by atoms with Crippen LogP contribution in [0, 0.1) is 0 Å². The number of amides is 1. The quantitative estimate of drug-likeness (QED) is 0.550. The second kappa shape index (κ2) is 8.04. The SMILES string of the molecule is O=C(/C=C/c1cccs1)NCCOCCO. The van der Waals surface area contributed by atoms with Crippen molar-refractivity contribution in [3.05, 3.63) is 28.5 Å². The molecule has 0 fully saturated rings. The summed E-state index contributed by atoms with van der Waals surface area (Å²) in [5.41, 5.74) is 0. The van der Waals surface area contributed by atoms with Crippen LogP contribution in [0.5, 0.6) is 0 Å². The molecule has 0 unspecified atom stereocenters. The van der Waals surface area contributed by atoms with E-state index >= 15 is 0 Å². The predicted octanol–water partition coefficient (Wildman–Crippen LogP) is 0.886. The van der Waals surface area contributed by atoms with Gasteiger partial charge in [0.25, 0.3) is 0 Å². The van der Waals surface area contributed by atoms with E-state index in [-0.39, 0.29) is 12.5 Å². The smallest absolute Gasteiger partial charge is 0.244 e. The zero-order valence-corrected chi connectivity index (χ0v) is 9.70. The molecule has 0 spiro atoms. The first-order valence-corrected chi connectivity index (χ1v) is 5.89. The van der Waals surface area contributed by atoms with E-state index in [1.54, 1.807) is 17.4 Å². The Bertz CT molecular complexity index is 322. The number of nitrogens with one attached hydrogen (secondary N) is 1. The monoisotopic (exact) mass is 241 g/mol. The van der Waals surface area contributed by atoms with Crippen molar-refractivity contribution in [2.45, 2.75) is 0 Å². The summed E-state index contributed by atoms with van der Waals surface area (Å²) in [5.74, 6) is -0.138. The van der Waals surface area contributed by atoms with Gasteiger partial charge in [-0.1, -0.05) is 6.07 Å². The average Bonchev–Trinajstić information content (AvgIpc) is 2.79. The molecule has 1 amide bonds. The maximum Gasteiger partial charge on any atom is 0.244 e. The zero-order chi connectivity index (χ0) is 11.6. The number of carbonyl (C=O) groups excluding carboxylic acids is 1. The molecule has 0 aliphatic carbocycles. The minimum absolute atomic E-state index is 0.00618. The fraction of sp³-hybridized carbons (Fsp3) is 0.364. The zero-order valence-electron chi connectivity index (χ0n) is 8.89. The molecule has 1 aromatic heterocycles. The molecule has 2 N–H and O–H groups in total. The van der Waals surface area contributed by atoms with Gasteiger partial charge < -0.3 is 15.2 Å². The summed E-state index contributed by atoms with van der Waals surface area (Å²) in [6.45, 7) is 1.18. The maximum absolute atomic E-state index is 11.3. The lowest BCUT2D eigenvalue weighted by atomic mass is 10.4. The lowest BCUT2D eigenvalue weighted by molar-refractivity contribution is -0.116. The highest BCUT2D eigenvalue weighted by molar-refractivity contribution is 7.10. The predicted molar refractivity (Wildman–Crippen MR) is 64.3 cm³/mol. The van der Waals surface area contributed by atoms with Gasteiger partial charge in [0.1, 0.15) is 0 Å². The van der Waals surface area contributed by atoms with E-state index in [4.69, 9.17) is 9.84 Å². The minimum Gasteiger partial charge on any atom is -0.394 e. The van der Waals surface area contributed by atoms with Crippen LogP contribution in [0.2, 0.25) is 0 Å². The third-order valence-corrected chi connectivity index (χ3v) is 2.56. The molecule has 0 radical (unpaired) electrons. The molecule has 5 heteroatoms. The third-order valence-electron chi connectivity index (χ3n) is 1.72. The van der Waals surface area contributed by atoms with E-state index in [0.717, 1.165) is 4.88 Å². The van der Waals surface area contributed by atoms with Crippen molar-refractivity contribution in [2.75, 3.05) is 26.4 Å². The highest BCUT2D eigenvalue weighted by Crippen LogP contribution is 2.09. The van der Waals surface area contributed by atoms with Crippen LogP contribution in [0.3, 0.4) is 0 Å². The van der Waals surface area contributed by atoms with Gasteiger partial charge in [-0.2, -0.15) is 0 Å². The van der Waals surface area contributed by atoms with Gasteiger partial charge in [-0.15, -0.1) is 11.3 Å². The minimum atomic E-state index is -0.138. The molecule has 0 aromatic carbocycles. The Morgan fingerprint density at radius 1 is 1.56 bits per heavy atom. The second-order valence-corrected chi connectivity index (χ2v) is 3.96. The van der Waals surface area contributed by atoms with Crippen molar-refractivity contribution in [2.24, 2.45) is 0 Å². The summed E-state index contributed by atoms with van der Waals surface area (Å²) in [6, 6.07) is 3.88. The Kier molecular flexibility index (Phi) is 6.48. The molecule has 0 saturated heterocycles. The Morgan fingerprint density at radius 3 is 3.12 bits per heavy atom. The van der Waals surface area contributed by atoms with E-state index in [0.29, 0.717) is 19.8 Å². The van der Waals surface area contributed by atoms with Crippen LogP contribution in [0.4, 0.5) is 0 Å². The molecular formula is C11H15NO3S. The van der Waals surface area contributed by atoms with Crippen LogP contribution in [0.25, 0.3) is 6.08 Å². The summed E-state index contributed by atoms with van der Waals surface area (Å²) < 4.78 is 5.00. The van der Waals surface area contributed by atoms with Crippen LogP contribution in [0.15, 0.2) is 23.6 Å². The largest absolute Gasteiger partial charge is 0.394 e. The molecule has 0 saturated carbocycles. The molecule has 4 nitrogen and oxygen atoms in total. The van der Waals surface area contributed by atoms with Gasteiger partial charge in [-0.3, -0.25) is 4.79 Å². The third kappa shape index (κ3) is 5.65. The highest BCUT2D eigenvalue weighted by atomic mass is 32.1. The molecule has 0 bridgehead atoms. The fourth-order valence-electron chi connectivity index (χ4n) is 1.02. The summed E-state index contributed by atoms with van der Waals surface area (Å²) in [4.78, 5) is 12.3. The lowest BCUT2D eigenvalue weighted by Crippen LogP contribution is -2.25. The number of thiophene rings is 1. The van der Waals surface area contributed by atoms with Gasteiger partial charge >= 0.3 is 0 Å². The van der Waals surface area contributed by atoms with Crippen molar-refractivity contribution in [1.29, 1.82) is 0 Å². The van der Waals surface area contributed by atoms with E-state index in [9.17, 15) is 4.79 Å². The molecule has 1 aromatic rings. The number of hydrogen-bond acceptors (Lipinski definition) is 4. The number of ether oxygens (including phenoxy) is 1. The van der Waals surface area contributed by atoms with E-state index in [1.165, 1.54) is 6.08 Å². The number of rotatable bonds is 7. The van der Waals surface area contributed by atoms with Gasteiger partial charge in [0.15, 0.2) is 0 Å². The normalized spacial score (nSPS) is 10.8. The molecule has 1 heterocycles. The van der Waals surface area contributed by atoms with E-state index < -0.39 is 0 Å². The number of aliphatic hydroxyl groups is 1. The fourth-order valence-corrected chi connectivity index (χ4v) is 1.63. The molecule has 1 rings (SSSR count). The van der Waals surface area contributed by atoms with Gasteiger partial charge in [0.05, 0.1) is 19.8 Å². The first-order valence-electron chi connectivity index (χ1n) is 5.01. The standard InChI is InChI=1S/C11H15NO3S/c13-6-8-15-7-5-12-11(14)4-3-10-2-1-9-16-10/h1-4,9,13H,5-8H2,(H,12,14)/b4-3+. The maximum atomic E-state index is 11.3. The number of hydrogen-bond donors (Lipinski definition) is 2. The molecule has 0 aliphatic heterocycles. The average molecular weight is 241 g/mol. The van der Waals surface area contributed by atoms with Crippen molar-refractivity contribution in [1.82, 2.24) is 5.32 Å². The van der Waals surface area contributed by atoms with Crippen molar-refractivity contribution in [3.63, 3.8) is 0 Å². The molecule has 16 heavy (non-hydrogen) atoms. The van der Waals surface area contributed by atoms with Crippen LogP contribution < -0.4 is 5.32 Å². The molecule has 88 valence electrons. The number of aliphatic hydroxyl groups excluding tert-OH is 1. The first-order chi connectivity index (χ1) is 7.83.